The molecule has 6 unspecified atom stereocenters. The van der Waals surface area contributed by atoms with Gasteiger partial charge in [0.15, 0.2) is 0 Å². The SMILES string of the molecule is CC1(C)CCC(C)(C)c2cc(N(c3ccc(-c4ccc5c(c4)C4(c6ccccc6O5)C5CC6CC7CC4C75C6)cc3)c3ccc(-c4ccc5ccccc5c4)cc3)ccc21. The molecular formula is C58H53NO. The lowest BCUT2D eigenvalue weighted by Gasteiger charge is -2.77. The Balaban J connectivity index is 0.896. The smallest absolute Gasteiger partial charge is 0.131 e. The highest BCUT2D eigenvalue weighted by molar-refractivity contribution is 5.88. The molecule has 7 aromatic rings. The maximum atomic E-state index is 6.76. The van der Waals surface area contributed by atoms with Gasteiger partial charge in [-0.15, -0.1) is 0 Å². The van der Waals surface area contributed by atoms with E-state index in [9.17, 15) is 0 Å². The van der Waals surface area contributed by atoms with Gasteiger partial charge in [0.05, 0.1) is 0 Å². The molecule has 0 N–H and O–H groups in total. The van der Waals surface area contributed by atoms with Crippen molar-refractivity contribution < 1.29 is 4.74 Å². The van der Waals surface area contributed by atoms with Gasteiger partial charge in [0, 0.05) is 33.6 Å². The zero-order chi connectivity index (χ0) is 40.2. The molecular weight excluding hydrogens is 727 g/mol. The first-order valence-electron chi connectivity index (χ1n) is 22.7. The molecule has 7 aromatic carbocycles. The van der Waals surface area contributed by atoms with Crippen molar-refractivity contribution >= 4 is 27.8 Å². The topological polar surface area (TPSA) is 12.5 Å². The van der Waals surface area contributed by atoms with E-state index in [2.05, 4.69) is 184 Å². The molecule has 1 heterocycles. The summed E-state index contributed by atoms with van der Waals surface area (Å²) in [7, 11) is 0. The number of hydrogen-bond donors (Lipinski definition) is 0. The number of rotatable bonds is 5. The molecule has 6 atom stereocenters. The Kier molecular flexibility index (Phi) is 7.05. The summed E-state index contributed by atoms with van der Waals surface area (Å²) in [6, 6.07) is 57.4. The van der Waals surface area contributed by atoms with Crippen LogP contribution >= 0.6 is 0 Å². The lowest BCUT2D eigenvalue weighted by Crippen LogP contribution is -2.74. The van der Waals surface area contributed by atoms with Crippen molar-refractivity contribution in [2.45, 2.75) is 82.5 Å². The molecule has 0 amide bonds. The fraction of sp³-hybridized carbons (Fsp3) is 0.310. The zero-order valence-electron chi connectivity index (χ0n) is 35.3. The van der Waals surface area contributed by atoms with E-state index in [1.165, 1.54) is 105 Å². The van der Waals surface area contributed by atoms with Gasteiger partial charge in [0.25, 0.3) is 0 Å². The Morgan fingerprint density at radius 1 is 0.467 bits per heavy atom. The van der Waals surface area contributed by atoms with Gasteiger partial charge in [0.2, 0.25) is 0 Å². The van der Waals surface area contributed by atoms with Crippen LogP contribution in [0.3, 0.4) is 0 Å². The fourth-order valence-electron chi connectivity index (χ4n) is 14.4. The summed E-state index contributed by atoms with van der Waals surface area (Å²) in [6.07, 6.45) is 8.11. The molecule has 0 radical (unpaired) electrons. The fourth-order valence-corrected chi connectivity index (χ4v) is 14.4. The van der Waals surface area contributed by atoms with Crippen molar-refractivity contribution in [2.24, 2.45) is 29.1 Å². The number of fused-ring (bicyclic) bond motifs is 9. The van der Waals surface area contributed by atoms with Crippen LogP contribution in [0.2, 0.25) is 0 Å². The molecule has 2 spiro atoms. The number of nitrogens with zero attached hydrogens (tertiary/aromatic N) is 1. The summed E-state index contributed by atoms with van der Waals surface area (Å²) >= 11 is 0. The monoisotopic (exact) mass is 779 g/mol. The number of anilines is 3. The quantitative estimate of drug-likeness (QED) is 0.173. The molecule has 2 heteroatoms. The third kappa shape index (κ3) is 4.60. The first kappa shape index (κ1) is 35.2. The first-order chi connectivity index (χ1) is 29.1. The molecule has 2 bridgehead atoms. The van der Waals surface area contributed by atoms with Gasteiger partial charge >= 0.3 is 0 Å². The summed E-state index contributed by atoms with van der Waals surface area (Å²) in [5.41, 5.74) is 15.3. The van der Waals surface area contributed by atoms with E-state index in [4.69, 9.17) is 4.74 Å². The van der Waals surface area contributed by atoms with Crippen LogP contribution in [0.15, 0.2) is 152 Å². The van der Waals surface area contributed by atoms with E-state index < -0.39 is 0 Å². The Hall–Kier alpha value is -5.60. The molecule has 0 saturated heterocycles. The van der Waals surface area contributed by atoms with Gasteiger partial charge in [-0.2, -0.15) is 0 Å². The van der Waals surface area contributed by atoms with Crippen LogP contribution in [0.25, 0.3) is 33.0 Å². The first-order valence-corrected chi connectivity index (χ1v) is 22.7. The van der Waals surface area contributed by atoms with Gasteiger partial charge in [-0.1, -0.05) is 119 Å². The van der Waals surface area contributed by atoms with Gasteiger partial charge < -0.3 is 9.64 Å². The normalized spacial score (nSPS) is 27.8. The predicted octanol–water partition coefficient (Wildman–Crippen LogP) is 15.5. The molecule has 5 aliphatic carbocycles. The van der Waals surface area contributed by atoms with Crippen LogP contribution in [0, 0.1) is 29.1 Å². The number of ether oxygens (including phenoxy) is 1. The second kappa shape index (κ2) is 12.0. The maximum Gasteiger partial charge on any atom is 0.131 e. The van der Waals surface area contributed by atoms with Crippen molar-refractivity contribution in [2.75, 3.05) is 4.90 Å². The van der Waals surface area contributed by atoms with Crippen molar-refractivity contribution in [3.8, 4) is 33.8 Å². The zero-order valence-corrected chi connectivity index (χ0v) is 35.3. The predicted molar refractivity (Wildman–Crippen MR) is 247 cm³/mol. The van der Waals surface area contributed by atoms with E-state index >= 15 is 0 Å². The van der Waals surface area contributed by atoms with E-state index in [1.807, 2.05) is 0 Å². The average Bonchev–Trinajstić information content (AvgIpc) is 3.81. The third-order valence-electron chi connectivity index (χ3n) is 17.2. The summed E-state index contributed by atoms with van der Waals surface area (Å²) in [5, 5.41) is 2.54. The second-order valence-electron chi connectivity index (χ2n) is 20.9. The molecule has 1 aliphatic heterocycles. The number of hydrogen-bond acceptors (Lipinski definition) is 2. The van der Waals surface area contributed by atoms with Crippen LogP contribution < -0.4 is 9.64 Å². The van der Waals surface area contributed by atoms with E-state index in [-0.39, 0.29) is 16.2 Å². The summed E-state index contributed by atoms with van der Waals surface area (Å²) < 4.78 is 6.76. The highest BCUT2D eigenvalue weighted by Gasteiger charge is 2.84. The van der Waals surface area contributed by atoms with Crippen LogP contribution in [0.4, 0.5) is 17.1 Å². The average molecular weight is 780 g/mol. The van der Waals surface area contributed by atoms with Crippen molar-refractivity contribution in [3.63, 3.8) is 0 Å². The summed E-state index contributed by atoms with van der Waals surface area (Å²) in [4.78, 5) is 2.47. The minimum absolute atomic E-state index is 0.0798. The lowest BCUT2D eigenvalue weighted by molar-refractivity contribution is -0.235. The summed E-state index contributed by atoms with van der Waals surface area (Å²) in [6.45, 7) is 9.69. The Labute approximate surface area is 355 Å². The number of para-hydroxylation sites is 1. The van der Waals surface area contributed by atoms with Gasteiger partial charge in [-0.05, 0) is 183 Å². The molecule has 6 aliphatic rings. The number of benzene rings is 7. The molecule has 296 valence electrons. The standard InChI is InChI=1S/C58H53NO/c1-55(2)27-28-56(3,4)49-34-46(24-25-47(49)55)59(44-20-15-38(16-21-44)41-14-13-37-9-5-6-10-40(37)31-41)45-22-17-39(18-23-45)42-19-26-52-50(32-42)58(48-11-7-8-12-51(48)60-52)53-30-36-29-43-33-54(58)57(43,53)35-36/h5-26,31-32,34,36,43,53-54H,27-30,33,35H2,1-4H3. The molecule has 0 aromatic heterocycles. The maximum absolute atomic E-state index is 6.76. The van der Waals surface area contributed by atoms with Crippen molar-refractivity contribution in [1.82, 2.24) is 0 Å². The van der Waals surface area contributed by atoms with Crippen LogP contribution in [0.5, 0.6) is 11.5 Å². The lowest BCUT2D eigenvalue weighted by atomic mass is 9.26. The van der Waals surface area contributed by atoms with Crippen molar-refractivity contribution in [1.29, 1.82) is 0 Å². The molecule has 13 rings (SSSR count). The second-order valence-corrected chi connectivity index (χ2v) is 20.9. The largest absolute Gasteiger partial charge is 0.457 e. The Bertz CT molecular complexity index is 2900. The van der Waals surface area contributed by atoms with Crippen LogP contribution in [-0.2, 0) is 16.2 Å². The van der Waals surface area contributed by atoms with Gasteiger partial charge in [-0.25, -0.2) is 0 Å². The molecule has 60 heavy (non-hydrogen) atoms. The van der Waals surface area contributed by atoms with E-state index in [1.54, 1.807) is 0 Å². The molecule has 4 saturated carbocycles. The molecule has 2 nitrogen and oxygen atoms in total. The van der Waals surface area contributed by atoms with Crippen molar-refractivity contribution in [3.05, 3.63) is 174 Å². The highest BCUT2D eigenvalue weighted by atomic mass is 16.5. The third-order valence-corrected chi connectivity index (χ3v) is 17.2. The van der Waals surface area contributed by atoms with Crippen LogP contribution in [-0.4, -0.2) is 0 Å². The van der Waals surface area contributed by atoms with Crippen LogP contribution in [0.1, 0.15) is 88.5 Å². The van der Waals surface area contributed by atoms with Gasteiger partial charge in [0.1, 0.15) is 11.5 Å². The Morgan fingerprint density at radius 3 is 1.82 bits per heavy atom. The minimum atomic E-state index is 0.0798. The molecule has 4 fully saturated rings. The highest BCUT2D eigenvalue weighted by Crippen LogP contribution is 2.89. The van der Waals surface area contributed by atoms with E-state index in [0.717, 1.165) is 40.9 Å². The minimum Gasteiger partial charge on any atom is -0.457 e. The van der Waals surface area contributed by atoms with Gasteiger partial charge in [-0.3, -0.25) is 0 Å². The summed E-state index contributed by atoms with van der Waals surface area (Å²) in [5.74, 6) is 5.51. The van der Waals surface area contributed by atoms with E-state index in [0.29, 0.717) is 5.41 Å². The Morgan fingerprint density at radius 2 is 1.07 bits per heavy atom.